The molecule has 88 valence electrons. The predicted octanol–water partition coefficient (Wildman–Crippen LogP) is 1.71. The fourth-order valence-electron chi connectivity index (χ4n) is 0.986. The molecule has 1 rings (SSSR count). The molecule has 1 aromatic rings. The summed E-state index contributed by atoms with van der Waals surface area (Å²) < 4.78 is 10.2. The van der Waals surface area contributed by atoms with E-state index in [0.29, 0.717) is 13.2 Å². The third-order valence-corrected chi connectivity index (χ3v) is 1.91. The summed E-state index contributed by atoms with van der Waals surface area (Å²) in [5.41, 5.74) is 0.132. The molecule has 1 unspecified atom stereocenters. The Kier molecular flexibility index (Phi) is 5.14. The molecule has 0 spiro atoms. The maximum atomic E-state index is 11.5. The minimum atomic E-state index is -0.531. The lowest BCUT2D eigenvalue weighted by atomic mass is 10.4. The molecule has 0 aliphatic heterocycles. The average Bonchev–Trinajstić information content (AvgIpc) is 2.27. The number of hydrogen-bond donors (Lipinski definition) is 0. The van der Waals surface area contributed by atoms with Crippen molar-refractivity contribution in [3.8, 4) is 0 Å². The Morgan fingerprint density at radius 1 is 1.50 bits per heavy atom. The average molecular weight is 245 g/mol. The lowest BCUT2D eigenvalue weighted by Crippen LogP contribution is -2.21. The fraction of sp³-hybridized carbons (Fsp3) is 0.500. The lowest BCUT2D eigenvalue weighted by Gasteiger charge is -2.12. The second kappa shape index (κ2) is 6.40. The van der Waals surface area contributed by atoms with Crippen LogP contribution in [-0.2, 0) is 9.47 Å². The fourth-order valence-corrected chi connectivity index (χ4v) is 1.09. The van der Waals surface area contributed by atoms with Gasteiger partial charge < -0.3 is 9.47 Å². The Balaban J connectivity index is 2.48. The van der Waals surface area contributed by atoms with Gasteiger partial charge in [-0.2, -0.15) is 0 Å². The van der Waals surface area contributed by atoms with Gasteiger partial charge in [-0.3, -0.25) is 0 Å². The highest BCUT2D eigenvalue weighted by molar-refractivity contribution is 6.29. The minimum Gasteiger partial charge on any atom is -0.455 e. The number of nitrogens with zero attached hydrogens (tertiary/aromatic N) is 2. The molecular weight excluding hydrogens is 232 g/mol. The number of carbonyl (C=O) groups is 1. The van der Waals surface area contributed by atoms with E-state index in [-0.39, 0.29) is 17.0 Å². The summed E-state index contributed by atoms with van der Waals surface area (Å²) in [5.74, 6) is -0.531. The van der Waals surface area contributed by atoms with Gasteiger partial charge in [0.25, 0.3) is 0 Å². The molecule has 1 heterocycles. The minimum absolute atomic E-state index is 0.132. The van der Waals surface area contributed by atoms with Crippen LogP contribution in [0.25, 0.3) is 0 Å². The van der Waals surface area contributed by atoms with E-state index < -0.39 is 5.97 Å². The molecule has 6 heteroatoms. The van der Waals surface area contributed by atoms with E-state index in [2.05, 4.69) is 10.2 Å². The molecular formula is C10H13ClN2O3. The molecule has 16 heavy (non-hydrogen) atoms. The topological polar surface area (TPSA) is 61.3 Å². The summed E-state index contributed by atoms with van der Waals surface area (Å²) in [6, 6.07) is 2.95. The van der Waals surface area contributed by atoms with Crippen molar-refractivity contribution < 1.29 is 14.3 Å². The zero-order chi connectivity index (χ0) is 12.0. The van der Waals surface area contributed by atoms with Crippen LogP contribution in [-0.4, -0.2) is 35.5 Å². The Morgan fingerprint density at radius 3 is 2.81 bits per heavy atom. The summed E-state index contributed by atoms with van der Waals surface area (Å²) in [6.45, 7) is 4.57. The van der Waals surface area contributed by atoms with Gasteiger partial charge in [-0.05, 0) is 26.0 Å². The number of halogens is 1. The standard InChI is InChI=1S/C10H13ClN2O3/c1-3-15-6-7(2)16-10(14)8-4-5-9(11)13-12-8/h4-5,7H,3,6H2,1-2H3. The summed E-state index contributed by atoms with van der Waals surface area (Å²) in [6.07, 6.45) is -0.315. The molecule has 0 saturated heterocycles. The van der Waals surface area contributed by atoms with Crippen LogP contribution in [0.2, 0.25) is 5.15 Å². The monoisotopic (exact) mass is 244 g/mol. The lowest BCUT2D eigenvalue weighted by molar-refractivity contribution is 0.00377. The van der Waals surface area contributed by atoms with Gasteiger partial charge in [0.2, 0.25) is 0 Å². The van der Waals surface area contributed by atoms with Gasteiger partial charge in [0.15, 0.2) is 10.8 Å². The van der Waals surface area contributed by atoms with Crippen molar-refractivity contribution in [3.05, 3.63) is 23.0 Å². The van der Waals surface area contributed by atoms with Crippen molar-refractivity contribution >= 4 is 17.6 Å². The highest BCUT2D eigenvalue weighted by atomic mass is 35.5. The zero-order valence-electron chi connectivity index (χ0n) is 9.14. The predicted molar refractivity (Wildman–Crippen MR) is 58.4 cm³/mol. The van der Waals surface area contributed by atoms with Crippen LogP contribution in [0.15, 0.2) is 12.1 Å². The molecule has 0 radical (unpaired) electrons. The number of rotatable bonds is 5. The van der Waals surface area contributed by atoms with Crippen LogP contribution >= 0.6 is 11.6 Å². The van der Waals surface area contributed by atoms with Crippen molar-refractivity contribution in [2.45, 2.75) is 20.0 Å². The zero-order valence-corrected chi connectivity index (χ0v) is 9.90. The molecule has 0 aliphatic rings. The van der Waals surface area contributed by atoms with E-state index in [1.165, 1.54) is 12.1 Å². The normalized spacial score (nSPS) is 12.2. The largest absolute Gasteiger partial charge is 0.455 e. The number of carbonyl (C=O) groups excluding carboxylic acids is 1. The van der Waals surface area contributed by atoms with E-state index in [0.717, 1.165) is 0 Å². The van der Waals surface area contributed by atoms with Gasteiger partial charge in [0, 0.05) is 6.61 Å². The Hall–Kier alpha value is -1.20. The van der Waals surface area contributed by atoms with Crippen molar-refractivity contribution in [1.29, 1.82) is 0 Å². The summed E-state index contributed by atoms with van der Waals surface area (Å²) in [4.78, 5) is 11.5. The van der Waals surface area contributed by atoms with Crippen molar-refractivity contribution in [1.82, 2.24) is 10.2 Å². The highest BCUT2D eigenvalue weighted by Crippen LogP contribution is 2.05. The van der Waals surface area contributed by atoms with E-state index in [1.807, 2.05) is 6.92 Å². The first kappa shape index (κ1) is 12.9. The molecule has 0 saturated carbocycles. The molecule has 0 amide bonds. The SMILES string of the molecule is CCOCC(C)OC(=O)c1ccc(Cl)nn1. The number of aromatic nitrogens is 2. The molecule has 1 aromatic heterocycles. The van der Waals surface area contributed by atoms with Gasteiger partial charge in [-0.15, -0.1) is 10.2 Å². The quantitative estimate of drug-likeness (QED) is 0.738. The number of ether oxygens (including phenoxy) is 2. The third kappa shape index (κ3) is 4.12. The number of esters is 1. The van der Waals surface area contributed by atoms with Crippen molar-refractivity contribution in [2.75, 3.05) is 13.2 Å². The van der Waals surface area contributed by atoms with Gasteiger partial charge in [0.1, 0.15) is 6.10 Å². The molecule has 5 nitrogen and oxygen atoms in total. The van der Waals surface area contributed by atoms with Crippen LogP contribution in [0.1, 0.15) is 24.3 Å². The van der Waals surface area contributed by atoms with Gasteiger partial charge in [0.05, 0.1) is 6.61 Å². The van der Waals surface area contributed by atoms with Crippen LogP contribution in [0.4, 0.5) is 0 Å². The Morgan fingerprint density at radius 2 is 2.25 bits per heavy atom. The smallest absolute Gasteiger partial charge is 0.359 e. The second-order valence-electron chi connectivity index (χ2n) is 3.12. The van der Waals surface area contributed by atoms with Crippen LogP contribution in [0.5, 0.6) is 0 Å². The summed E-state index contributed by atoms with van der Waals surface area (Å²) in [7, 11) is 0. The van der Waals surface area contributed by atoms with Crippen LogP contribution in [0, 0.1) is 0 Å². The summed E-state index contributed by atoms with van der Waals surface area (Å²) >= 11 is 5.54. The van der Waals surface area contributed by atoms with E-state index in [1.54, 1.807) is 6.92 Å². The van der Waals surface area contributed by atoms with Crippen molar-refractivity contribution in [2.24, 2.45) is 0 Å². The van der Waals surface area contributed by atoms with Crippen LogP contribution < -0.4 is 0 Å². The van der Waals surface area contributed by atoms with Gasteiger partial charge in [-0.25, -0.2) is 4.79 Å². The molecule has 0 aromatic carbocycles. The second-order valence-corrected chi connectivity index (χ2v) is 3.50. The first-order valence-electron chi connectivity index (χ1n) is 4.91. The Bertz CT molecular complexity index is 342. The maximum Gasteiger partial charge on any atom is 0.359 e. The number of hydrogen-bond acceptors (Lipinski definition) is 5. The molecule has 0 N–H and O–H groups in total. The van der Waals surface area contributed by atoms with Crippen LogP contribution in [0.3, 0.4) is 0 Å². The van der Waals surface area contributed by atoms with E-state index >= 15 is 0 Å². The van der Waals surface area contributed by atoms with E-state index in [4.69, 9.17) is 21.1 Å². The van der Waals surface area contributed by atoms with Gasteiger partial charge in [-0.1, -0.05) is 11.6 Å². The van der Waals surface area contributed by atoms with E-state index in [9.17, 15) is 4.79 Å². The first-order chi connectivity index (χ1) is 7.63. The molecule has 0 bridgehead atoms. The molecule has 0 aliphatic carbocycles. The molecule has 0 fully saturated rings. The Labute approximate surface area is 98.7 Å². The highest BCUT2D eigenvalue weighted by Gasteiger charge is 2.13. The van der Waals surface area contributed by atoms with Crippen molar-refractivity contribution in [3.63, 3.8) is 0 Å². The van der Waals surface area contributed by atoms with Gasteiger partial charge >= 0.3 is 5.97 Å². The summed E-state index contributed by atoms with van der Waals surface area (Å²) in [5, 5.41) is 7.40. The maximum absolute atomic E-state index is 11.5. The third-order valence-electron chi connectivity index (χ3n) is 1.71. The first-order valence-corrected chi connectivity index (χ1v) is 5.29. The molecule has 1 atom stereocenters.